The van der Waals surface area contributed by atoms with Gasteiger partial charge in [-0.1, -0.05) is 280 Å². The zero-order chi connectivity index (χ0) is 84.6. The molecule has 0 aromatic heterocycles. The van der Waals surface area contributed by atoms with E-state index >= 15 is 0 Å². The molecule has 0 atom stereocenters. The van der Waals surface area contributed by atoms with E-state index in [4.69, 9.17) is 9.47 Å². The first-order valence-electron chi connectivity index (χ1n) is 42.0. The molecule has 12 aromatic carbocycles. The van der Waals surface area contributed by atoms with Gasteiger partial charge in [0.1, 0.15) is 23.0 Å². The fraction of sp³-hybridized carbons (Fsp3) is 0.357. The Morgan fingerprint density at radius 1 is 0.175 bits per heavy atom. The lowest BCUT2D eigenvalue weighted by Gasteiger charge is -2.22. The van der Waals surface area contributed by atoms with Gasteiger partial charge >= 0.3 is 0 Å². The van der Waals surface area contributed by atoms with Gasteiger partial charge in [-0.3, -0.25) is 0 Å². The molecule has 0 aliphatic rings. The molecular weight excluding hydrogens is 1380 g/mol. The molecule has 12 rings (SSSR count). The minimum absolute atomic E-state index is 0.407. The Morgan fingerprint density at radius 2 is 0.474 bits per heavy atom. The van der Waals surface area contributed by atoms with Crippen LogP contribution in [0.25, 0.3) is 44.5 Å². The van der Waals surface area contributed by atoms with Crippen LogP contribution in [0, 0.1) is 152 Å². The first-order valence-corrected chi connectivity index (χ1v) is 42.0. The first kappa shape index (κ1) is 91.4. The van der Waals surface area contributed by atoms with Gasteiger partial charge in [-0.15, -0.1) is 0 Å². The van der Waals surface area contributed by atoms with Crippen LogP contribution in [-0.4, -0.2) is 0 Å². The summed E-state index contributed by atoms with van der Waals surface area (Å²) < 4.78 is 12.8. The van der Waals surface area contributed by atoms with E-state index in [-0.39, 0.29) is 0 Å². The van der Waals surface area contributed by atoms with Crippen molar-refractivity contribution in [3.05, 3.63) is 350 Å². The molecular formula is C112H140O2. The minimum Gasteiger partial charge on any atom is -0.457 e. The van der Waals surface area contributed by atoms with Crippen molar-refractivity contribution in [1.82, 2.24) is 0 Å². The highest BCUT2D eigenvalue weighted by molar-refractivity contribution is 5.87. The fourth-order valence-electron chi connectivity index (χ4n) is 15.8. The molecule has 0 spiro atoms. The lowest BCUT2D eigenvalue weighted by Crippen LogP contribution is -2.00. The number of benzene rings is 12. The molecule has 114 heavy (non-hydrogen) atoms. The molecule has 12 aromatic rings. The molecule has 0 N–H and O–H groups in total. The average Bonchev–Trinajstić information content (AvgIpc) is 0.767. The quantitative estimate of drug-likeness (QED) is 0.108. The largest absolute Gasteiger partial charge is 0.457 e. The topological polar surface area (TPSA) is 18.5 Å². The standard InChI is InChI=1S/C33H36O.C28H34.C18H22O.C12H18.C11H16.C10H14/c1-20(2)27-18-31(29-11-9-21(3)14-25(29)7)33(34-28-16-23(5)13-24(6)17-28)32(19-27)30-12-10-22(4)15-26(30)8;1-16(2)24-14-25(27-19(5)10-17(3)11-20(27)6)23(9)26(15-24)28-21(7)12-18(4)13-22(28)8;1-12(2)16-6-8-17(9-7-16)19-18-14(4)10-13(3)11-15(18)5;1-8(2)12-6-9(3)11(5)10(4)7-12;1-8(2)11-6-5-9(3)7-10(11)4;1-8(2)10-6-4-9(3)5-7-10/h9-20H,1-8H3;10-16H,1-9H3;6-12H,1-5H3;6-8H,1-5H3;5-8H,1-4H3;4-8H,1-3H3. The van der Waals surface area contributed by atoms with Crippen LogP contribution in [0.3, 0.4) is 0 Å². The Kier molecular flexibility index (Phi) is 32.9. The van der Waals surface area contributed by atoms with Gasteiger partial charge in [0, 0.05) is 11.1 Å². The summed E-state index contributed by atoms with van der Waals surface area (Å²) in [5, 5.41) is 0. The van der Waals surface area contributed by atoms with Crippen LogP contribution in [-0.2, 0) is 0 Å². The second-order valence-electron chi connectivity index (χ2n) is 35.2. The molecule has 0 saturated carbocycles. The van der Waals surface area contributed by atoms with Crippen LogP contribution in [0.5, 0.6) is 23.0 Å². The van der Waals surface area contributed by atoms with Crippen molar-refractivity contribution in [2.45, 2.75) is 271 Å². The maximum atomic E-state index is 6.82. The molecule has 600 valence electrons. The minimum atomic E-state index is 0.407. The van der Waals surface area contributed by atoms with Crippen molar-refractivity contribution in [3.8, 4) is 67.5 Å². The van der Waals surface area contributed by atoms with E-state index in [1.54, 1.807) is 0 Å². The average molecular weight is 1520 g/mol. The van der Waals surface area contributed by atoms with Gasteiger partial charge < -0.3 is 9.47 Å². The molecule has 0 bridgehead atoms. The number of rotatable bonds is 14. The summed E-state index contributed by atoms with van der Waals surface area (Å²) in [6.45, 7) is 74.8. The van der Waals surface area contributed by atoms with Crippen molar-refractivity contribution in [3.63, 3.8) is 0 Å². The van der Waals surface area contributed by atoms with Crippen LogP contribution >= 0.6 is 0 Å². The van der Waals surface area contributed by atoms with Crippen molar-refractivity contribution in [1.29, 1.82) is 0 Å². The van der Waals surface area contributed by atoms with E-state index < -0.39 is 0 Å². The van der Waals surface area contributed by atoms with Gasteiger partial charge in [-0.05, 0) is 374 Å². The van der Waals surface area contributed by atoms with Crippen molar-refractivity contribution < 1.29 is 9.47 Å². The second kappa shape index (κ2) is 41.0. The smallest absolute Gasteiger partial charge is 0.143 e. The van der Waals surface area contributed by atoms with E-state index in [0.717, 1.165) is 34.1 Å². The summed E-state index contributed by atoms with van der Waals surface area (Å²) in [5.41, 5.74) is 47.7. The van der Waals surface area contributed by atoms with Crippen LogP contribution < -0.4 is 9.47 Å². The summed E-state index contributed by atoms with van der Waals surface area (Å²) in [7, 11) is 0. The third-order valence-electron chi connectivity index (χ3n) is 22.3. The van der Waals surface area contributed by atoms with Crippen molar-refractivity contribution in [2.75, 3.05) is 0 Å². The number of ether oxygens (including phenoxy) is 2. The third-order valence-corrected chi connectivity index (χ3v) is 22.3. The molecule has 0 fully saturated rings. The molecule has 2 nitrogen and oxygen atoms in total. The van der Waals surface area contributed by atoms with Gasteiger partial charge in [0.2, 0.25) is 0 Å². The van der Waals surface area contributed by atoms with E-state index in [2.05, 4.69) is 417 Å². The van der Waals surface area contributed by atoms with Crippen LogP contribution in [0.4, 0.5) is 0 Å². The van der Waals surface area contributed by atoms with Gasteiger partial charge in [0.25, 0.3) is 0 Å². The summed E-state index contributed by atoms with van der Waals surface area (Å²) in [6.07, 6.45) is 0. The number of hydrogen-bond acceptors (Lipinski definition) is 2. The molecule has 0 saturated heterocycles. The molecule has 0 aliphatic carbocycles. The first-order chi connectivity index (χ1) is 53.5. The number of hydrogen-bond donors (Lipinski definition) is 0. The lowest BCUT2D eigenvalue weighted by atomic mass is 9.82. The number of aryl methyl sites for hydroxylation is 20. The Balaban J connectivity index is 0.000000201. The van der Waals surface area contributed by atoms with Gasteiger partial charge in [0.15, 0.2) is 0 Å². The Bertz CT molecular complexity index is 4980. The van der Waals surface area contributed by atoms with Crippen LogP contribution in [0.1, 0.15) is 274 Å². The highest BCUT2D eigenvalue weighted by atomic mass is 16.5. The van der Waals surface area contributed by atoms with Gasteiger partial charge in [-0.25, -0.2) is 0 Å². The second-order valence-corrected chi connectivity index (χ2v) is 35.2. The molecule has 2 heteroatoms. The highest BCUT2D eigenvalue weighted by Crippen LogP contribution is 2.47. The monoisotopic (exact) mass is 1520 g/mol. The summed E-state index contributed by atoms with van der Waals surface area (Å²) in [6, 6.07) is 71.2. The predicted molar refractivity (Wildman–Crippen MR) is 502 cm³/mol. The normalized spacial score (nSPS) is 11.0. The van der Waals surface area contributed by atoms with Crippen molar-refractivity contribution in [2.24, 2.45) is 0 Å². The molecule has 0 radical (unpaired) electrons. The van der Waals surface area contributed by atoms with Crippen LogP contribution in [0.2, 0.25) is 0 Å². The van der Waals surface area contributed by atoms with E-state index in [0.29, 0.717) is 35.5 Å². The molecule has 0 heterocycles. The lowest BCUT2D eigenvalue weighted by molar-refractivity contribution is 0.474. The fourth-order valence-corrected chi connectivity index (χ4v) is 15.8. The summed E-state index contributed by atoms with van der Waals surface area (Å²) in [4.78, 5) is 0. The van der Waals surface area contributed by atoms with E-state index in [1.807, 2.05) is 12.1 Å². The maximum Gasteiger partial charge on any atom is 0.143 e. The molecule has 0 amide bonds. The summed E-state index contributed by atoms with van der Waals surface area (Å²) >= 11 is 0. The predicted octanol–water partition coefficient (Wildman–Crippen LogP) is 33.9. The molecule has 0 aliphatic heterocycles. The Morgan fingerprint density at radius 3 is 0.825 bits per heavy atom. The third kappa shape index (κ3) is 24.9. The summed E-state index contributed by atoms with van der Waals surface area (Å²) in [5.74, 6) is 7.08. The SMILES string of the molecule is Cc1cc(C(C)C)cc(C)c1C.Cc1cc(C)c(-c2cc(C(C)C)cc(-c3c(C)cc(C)cc3C)c2C)c(C)c1.Cc1cc(C)c(Oc2ccc(C(C)C)cc2)c(C)c1.Cc1cc(C)cc(Oc2c(-c3ccc(C)cc3C)cc(C(C)C)cc2-c2ccc(C)cc2C)c1.Cc1ccc(C(C)C)c(C)c1.Cc1ccc(C(C)C)cc1. The Labute approximate surface area is 693 Å². The van der Waals surface area contributed by atoms with Gasteiger partial charge in [0.05, 0.1) is 0 Å². The van der Waals surface area contributed by atoms with E-state index in [9.17, 15) is 0 Å². The zero-order valence-electron chi connectivity index (χ0n) is 76.8. The Hall–Kier alpha value is -9.76. The van der Waals surface area contributed by atoms with Crippen LogP contribution in [0.15, 0.2) is 194 Å². The zero-order valence-corrected chi connectivity index (χ0v) is 76.8. The highest BCUT2D eigenvalue weighted by Gasteiger charge is 2.23. The van der Waals surface area contributed by atoms with E-state index in [1.165, 1.54) is 189 Å². The van der Waals surface area contributed by atoms with Crippen molar-refractivity contribution >= 4 is 0 Å². The maximum absolute atomic E-state index is 6.82. The molecule has 0 unspecified atom stereocenters. The van der Waals surface area contributed by atoms with Gasteiger partial charge in [-0.2, -0.15) is 0 Å².